The van der Waals surface area contributed by atoms with Gasteiger partial charge in [0.05, 0.1) is 11.8 Å². The van der Waals surface area contributed by atoms with Gasteiger partial charge in [-0.15, -0.1) is 0 Å². The molecule has 5 atom stereocenters. The van der Waals surface area contributed by atoms with Crippen LogP contribution in [0.2, 0.25) is 0 Å². The molecule has 0 aromatic carbocycles. The summed E-state index contributed by atoms with van der Waals surface area (Å²) in [4.78, 5) is 23.4. The number of hydrogen-bond acceptors (Lipinski definition) is 2. The Hall–Kier alpha value is -1.06. The number of hydrogen-bond donors (Lipinski definition) is 2. The second-order valence-corrected chi connectivity index (χ2v) is 6.20. The molecule has 4 heteroatoms. The van der Waals surface area contributed by atoms with Crippen molar-refractivity contribution in [3.8, 4) is 0 Å². The first-order valence-electron chi connectivity index (χ1n) is 7.57. The summed E-state index contributed by atoms with van der Waals surface area (Å²) in [6, 6.07) is 0.243. The molecule has 0 aliphatic heterocycles. The number of amides is 1. The highest BCUT2D eigenvalue weighted by molar-refractivity contribution is 5.85. The van der Waals surface area contributed by atoms with Gasteiger partial charge in [0, 0.05) is 6.04 Å². The van der Waals surface area contributed by atoms with Crippen molar-refractivity contribution in [3.05, 3.63) is 0 Å². The van der Waals surface area contributed by atoms with E-state index in [4.69, 9.17) is 5.11 Å². The van der Waals surface area contributed by atoms with E-state index in [0.717, 1.165) is 25.7 Å². The molecule has 2 aliphatic carbocycles. The topological polar surface area (TPSA) is 66.4 Å². The minimum absolute atomic E-state index is 0.0292. The van der Waals surface area contributed by atoms with Crippen LogP contribution in [0.4, 0.5) is 0 Å². The van der Waals surface area contributed by atoms with E-state index in [9.17, 15) is 9.59 Å². The van der Waals surface area contributed by atoms with Crippen molar-refractivity contribution in [1.29, 1.82) is 0 Å². The van der Waals surface area contributed by atoms with Crippen LogP contribution in [0.15, 0.2) is 0 Å². The van der Waals surface area contributed by atoms with Gasteiger partial charge in [0.25, 0.3) is 0 Å². The van der Waals surface area contributed by atoms with E-state index < -0.39 is 11.9 Å². The van der Waals surface area contributed by atoms with Crippen molar-refractivity contribution in [1.82, 2.24) is 5.32 Å². The SMILES string of the molecule is CCC1CCC(NC(=O)C2CCCC2C(=O)O)C1C. The fraction of sp³-hybridized carbons (Fsp3) is 0.867. The highest BCUT2D eigenvalue weighted by Gasteiger charge is 2.40. The molecular formula is C15H25NO3. The van der Waals surface area contributed by atoms with Crippen LogP contribution < -0.4 is 5.32 Å². The first-order valence-corrected chi connectivity index (χ1v) is 7.57. The molecule has 2 N–H and O–H groups in total. The number of carboxylic acids is 1. The fourth-order valence-electron chi connectivity index (χ4n) is 3.89. The average molecular weight is 267 g/mol. The Labute approximate surface area is 115 Å². The first kappa shape index (κ1) is 14.4. The number of carbonyl (C=O) groups excluding carboxylic acids is 1. The van der Waals surface area contributed by atoms with E-state index in [0.29, 0.717) is 18.3 Å². The van der Waals surface area contributed by atoms with Crippen molar-refractivity contribution >= 4 is 11.9 Å². The Bertz CT molecular complexity index is 355. The van der Waals surface area contributed by atoms with Gasteiger partial charge in [-0.25, -0.2) is 0 Å². The quantitative estimate of drug-likeness (QED) is 0.822. The van der Waals surface area contributed by atoms with Gasteiger partial charge in [-0.2, -0.15) is 0 Å². The van der Waals surface area contributed by atoms with Crippen LogP contribution in [0.1, 0.15) is 52.4 Å². The highest BCUT2D eigenvalue weighted by atomic mass is 16.4. The molecule has 2 rings (SSSR count). The molecule has 2 fully saturated rings. The normalized spacial score (nSPS) is 38.3. The zero-order valence-corrected chi connectivity index (χ0v) is 11.9. The summed E-state index contributed by atoms with van der Waals surface area (Å²) in [5.74, 6) is -0.422. The standard InChI is InChI=1S/C15H25NO3/c1-3-10-7-8-13(9(10)2)16-14(17)11-5-4-6-12(11)15(18)19/h9-13H,3-8H2,1-2H3,(H,16,17)(H,18,19). The Kier molecular flexibility index (Phi) is 4.48. The predicted octanol–water partition coefficient (Wildman–Crippen LogP) is 2.43. The van der Waals surface area contributed by atoms with Crippen molar-refractivity contribution in [2.75, 3.05) is 0 Å². The third-order valence-electron chi connectivity index (χ3n) is 5.25. The number of aliphatic carboxylic acids is 1. The molecule has 2 aliphatic rings. The lowest BCUT2D eigenvalue weighted by Crippen LogP contribution is -2.43. The Balaban J connectivity index is 1.92. The van der Waals surface area contributed by atoms with E-state index in [2.05, 4.69) is 19.2 Å². The minimum atomic E-state index is -0.816. The van der Waals surface area contributed by atoms with Crippen LogP contribution in [0.25, 0.3) is 0 Å². The van der Waals surface area contributed by atoms with E-state index in [-0.39, 0.29) is 17.9 Å². The summed E-state index contributed by atoms with van der Waals surface area (Å²) in [6.45, 7) is 4.40. The first-order chi connectivity index (χ1) is 9.04. The van der Waals surface area contributed by atoms with Gasteiger partial charge in [0.15, 0.2) is 0 Å². The summed E-state index contributed by atoms with van der Waals surface area (Å²) in [6.07, 6.45) is 5.60. The van der Waals surface area contributed by atoms with Crippen LogP contribution in [0.5, 0.6) is 0 Å². The molecule has 0 aromatic heterocycles. The maximum absolute atomic E-state index is 12.3. The second-order valence-electron chi connectivity index (χ2n) is 6.20. The molecular weight excluding hydrogens is 242 g/mol. The third-order valence-corrected chi connectivity index (χ3v) is 5.25. The molecule has 1 amide bonds. The van der Waals surface area contributed by atoms with Gasteiger partial charge in [0.2, 0.25) is 5.91 Å². The van der Waals surface area contributed by atoms with Gasteiger partial charge >= 0.3 is 5.97 Å². The molecule has 0 bridgehead atoms. The molecule has 5 unspecified atom stereocenters. The third kappa shape index (κ3) is 2.93. The molecule has 0 saturated heterocycles. The summed E-state index contributed by atoms with van der Waals surface area (Å²) < 4.78 is 0. The summed E-state index contributed by atoms with van der Waals surface area (Å²) in [7, 11) is 0. The van der Waals surface area contributed by atoms with Crippen molar-refractivity contribution in [2.24, 2.45) is 23.7 Å². The fourth-order valence-corrected chi connectivity index (χ4v) is 3.89. The Morgan fingerprint density at radius 3 is 2.42 bits per heavy atom. The number of rotatable bonds is 4. The van der Waals surface area contributed by atoms with E-state index in [1.165, 1.54) is 6.42 Å². The van der Waals surface area contributed by atoms with E-state index in [1.54, 1.807) is 0 Å². The van der Waals surface area contributed by atoms with E-state index >= 15 is 0 Å². The monoisotopic (exact) mass is 267 g/mol. The van der Waals surface area contributed by atoms with Crippen LogP contribution in [0, 0.1) is 23.7 Å². The molecule has 0 heterocycles. The highest BCUT2D eigenvalue weighted by Crippen LogP contribution is 2.36. The van der Waals surface area contributed by atoms with Gasteiger partial charge in [-0.05, 0) is 37.5 Å². The van der Waals surface area contributed by atoms with E-state index in [1.807, 2.05) is 0 Å². The minimum Gasteiger partial charge on any atom is -0.481 e. The van der Waals surface area contributed by atoms with Crippen LogP contribution >= 0.6 is 0 Å². The lowest BCUT2D eigenvalue weighted by molar-refractivity contribution is -0.146. The average Bonchev–Trinajstić information content (AvgIpc) is 2.97. The van der Waals surface area contributed by atoms with Crippen molar-refractivity contribution in [2.45, 2.75) is 58.4 Å². The summed E-state index contributed by atoms with van der Waals surface area (Å²) in [5, 5.41) is 12.3. The summed E-state index contributed by atoms with van der Waals surface area (Å²) in [5.41, 5.74) is 0. The van der Waals surface area contributed by atoms with Crippen LogP contribution in [-0.4, -0.2) is 23.0 Å². The number of carbonyl (C=O) groups is 2. The lowest BCUT2D eigenvalue weighted by Gasteiger charge is -2.24. The Morgan fingerprint density at radius 1 is 1.16 bits per heavy atom. The van der Waals surface area contributed by atoms with Gasteiger partial charge < -0.3 is 10.4 Å². The largest absolute Gasteiger partial charge is 0.481 e. The molecule has 108 valence electrons. The molecule has 2 saturated carbocycles. The molecule has 19 heavy (non-hydrogen) atoms. The summed E-state index contributed by atoms with van der Waals surface area (Å²) >= 11 is 0. The Morgan fingerprint density at radius 2 is 1.84 bits per heavy atom. The van der Waals surface area contributed by atoms with Gasteiger partial charge in [-0.1, -0.05) is 26.7 Å². The molecule has 0 aromatic rings. The van der Waals surface area contributed by atoms with Crippen molar-refractivity contribution < 1.29 is 14.7 Å². The number of nitrogens with one attached hydrogen (secondary N) is 1. The van der Waals surface area contributed by atoms with Crippen LogP contribution in [0.3, 0.4) is 0 Å². The maximum Gasteiger partial charge on any atom is 0.307 e. The zero-order chi connectivity index (χ0) is 14.0. The smallest absolute Gasteiger partial charge is 0.307 e. The molecule has 4 nitrogen and oxygen atoms in total. The zero-order valence-electron chi connectivity index (χ0n) is 11.9. The number of carboxylic acid groups (broad SMARTS) is 1. The lowest BCUT2D eigenvalue weighted by atomic mass is 9.92. The molecule has 0 spiro atoms. The maximum atomic E-state index is 12.3. The van der Waals surface area contributed by atoms with Crippen molar-refractivity contribution in [3.63, 3.8) is 0 Å². The van der Waals surface area contributed by atoms with Gasteiger partial charge in [-0.3, -0.25) is 9.59 Å². The second kappa shape index (κ2) is 5.93. The predicted molar refractivity (Wildman–Crippen MR) is 72.6 cm³/mol. The molecule has 0 radical (unpaired) electrons. The van der Waals surface area contributed by atoms with Crippen LogP contribution in [-0.2, 0) is 9.59 Å². The van der Waals surface area contributed by atoms with Gasteiger partial charge in [0.1, 0.15) is 0 Å².